The number of fused-ring (bicyclic) bond motifs is 1. The molecule has 2 atom stereocenters. The molecule has 0 spiro atoms. The van der Waals surface area contributed by atoms with Crippen molar-refractivity contribution in [3.63, 3.8) is 0 Å². The number of likely N-dealkylation sites (N-methyl/N-ethyl adjacent to an activating group) is 1. The molecule has 0 aromatic heterocycles. The molecule has 0 bridgehead atoms. The van der Waals surface area contributed by atoms with Gasteiger partial charge in [-0.2, -0.15) is 0 Å². The summed E-state index contributed by atoms with van der Waals surface area (Å²) in [6.07, 6.45) is 0. The van der Waals surface area contributed by atoms with Crippen molar-refractivity contribution in [3.8, 4) is 5.75 Å². The Hall–Kier alpha value is -1.55. The minimum absolute atomic E-state index is 0.0106. The van der Waals surface area contributed by atoms with Crippen molar-refractivity contribution in [2.24, 2.45) is 5.92 Å². The molecule has 18 heavy (non-hydrogen) atoms. The van der Waals surface area contributed by atoms with Gasteiger partial charge in [-0.15, -0.1) is 0 Å². The second-order valence-electron chi connectivity index (χ2n) is 4.49. The third kappa shape index (κ3) is 1.77. The molecule has 0 fully saturated rings. The maximum atomic E-state index is 12.4. The van der Waals surface area contributed by atoms with E-state index in [2.05, 4.69) is 5.32 Å². The van der Waals surface area contributed by atoms with Gasteiger partial charge in [0.05, 0.1) is 13.2 Å². The number of nitrogens with one attached hydrogen (secondary N) is 1. The van der Waals surface area contributed by atoms with Gasteiger partial charge in [0.25, 0.3) is 0 Å². The lowest BCUT2D eigenvalue weighted by Gasteiger charge is -2.41. The summed E-state index contributed by atoms with van der Waals surface area (Å²) in [7, 11) is 1.79. The maximum absolute atomic E-state index is 12.4. The zero-order valence-corrected chi connectivity index (χ0v) is 11.0. The van der Waals surface area contributed by atoms with Gasteiger partial charge in [0.2, 0.25) is 0 Å². The quantitative estimate of drug-likeness (QED) is 0.828. The number of benzene rings is 1. The van der Waals surface area contributed by atoms with E-state index in [-0.39, 0.29) is 11.9 Å². The van der Waals surface area contributed by atoms with Crippen molar-refractivity contribution < 1.29 is 14.3 Å². The molecule has 1 N–H and O–H groups in total. The van der Waals surface area contributed by atoms with Crippen LogP contribution < -0.4 is 10.1 Å². The summed E-state index contributed by atoms with van der Waals surface area (Å²) in [6.45, 7) is 4.68. The third-order valence-corrected chi connectivity index (χ3v) is 3.53. The Morgan fingerprint density at radius 3 is 2.94 bits per heavy atom. The van der Waals surface area contributed by atoms with Crippen LogP contribution in [0.5, 0.6) is 5.75 Å². The second kappa shape index (κ2) is 4.98. The Bertz CT molecular complexity index is 446. The van der Waals surface area contributed by atoms with Gasteiger partial charge in [-0.1, -0.05) is 25.1 Å². The highest BCUT2D eigenvalue weighted by atomic mass is 16.5. The standard InChI is InChI=1S/C14H19NO3/c1-4-17-13(16)14(15-3)10(2)9-18-12-8-6-5-7-11(12)14/h5-8,10,15H,4,9H2,1-3H3. The summed E-state index contributed by atoms with van der Waals surface area (Å²) < 4.78 is 10.9. The van der Waals surface area contributed by atoms with Crippen molar-refractivity contribution >= 4 is 5.97 Å². The molecule has 98 valence electrons. The number of carbonyl (C=O) groups excluding carboxylic acids is 1. The largest absolute Gasteiger partial charge is 0.493 e. The summed E-state index contributed by atoms with van der Waals surface area (Å²) in [5.74, 6) is 0.519. The first-order valence-corrected chi connectivity index (χ1v) is 6.25. The summed E-state index contributed by atoms with van der Waals surface area (Å²) in [6, 6.07) is 7.61. The molecular formula is C14H19NO3. The Labute approximate surface area is 107 Å². The van der Waals surface area contributed by atoms with Gasteiger partial charge in [-0.3, -0.25) is 0 Å². The van der Waals surface area contributed by atoms with Crippen LogP contribution in [0.3, 0.4) is 0 Å². The lowest BCUT2D eigenvalue weighted by Crippen LogP contribution is -2.56. The zero-order valence-electron chi connectivity index (χ0n) is 11.0. The first-order chi connectivity index (χ1) is 8.66. The average Bonchev–Trinajstić information content (AvgIpc) is 2.39. The topological polar surface area (TPSA) is 47.6 Å². The highest BCUT2D eigenvalue weighted by molar-refractivity contribution is 5.84. The van der Waals surface area contributed by atoms with Crippen molar-refractivity contribution in [1.29, 1.82) is 0 Å². The van der Waals surface area contributed by atoms with Crippen LogP contribution in [0.25, 0.3) is 0 Å². The predicted octanol–water partition coefficient (Wildman–Crippen LogP) is 1.69. The van der Waals surface area contributed by atoms with Gasteiger partial charge in [0.1, 0.15) is 5.75 Å². The number of para-hydroxylation sites is 1. The van der Waals surface area contributed by atoms with E-state index < -0.39 is 5.54 Å². The van der Waals surface area contributed by atoms with Crippen LogP contribution in [0.15, 0.2) is 24.3 Å². The van der Waals surface area contributed by atoms with Crippen molar-refractivity contribution in [1.82, 2.24) is 5.32 Å². The smallest absolute Gasteiger partial charge is 0.331 e. The molecule has 0 saturated heterocycles. The predicted molar refractivity (Wildman–Crippen MR) is 68.5 cm³/mol. The molecule has 1 aliphatic rings. The van der Waals surface area contributed by atoms with E-state index in [0.29, 0.717) is 13.2 Å². The molecule has 4 nitrogen and oxygen atoms in total. The van der Waals surface area contributed by atoms with E-state index in [1.807, 2.05) is 38.1 Å². The molecule has 2 unspecified atom stereocenters. The average molecular weight is 249 g/mol. The Balaban J connectivity index is 2.54. The molecule has 1 heterocycles. The Morgan fingerprint density at radius 1 is 1.56 bits per heavy atom. The number of hydrogen-bond donors (Lipinski definition) is 1. The molecule has 0 aliphatic carbocycles. The molecule has 0 radical (unpaired) electrons. The highest BCUT2D eigenvalue weighted by Gasteiger charge is 2.49. The number of carbonyl (C=O) groups is 1. The summed E-state index contributed by atoms with van der Waals surface area (Å²) in [5.41, 5.74) is 0.0369. The van der Waals surface area contributed by atoms with Gasteiger partial charge in [0.15, 0.2) is 5.54 Å². The Morgan fingerprint density at radius 2 is 2.28 bits per heavy atom. The maximum Gasteiger partial charge on any atom is 0.331 e. The first kappa shape index (κ1) is 12.9. The SMILES string of the molecule is CCOC(=O)C1(NC)c2ccccc2OCC1C. The van der Waals surface area contributed by atoms with Crippen molar-refractivity contribution in [2.45, 2.75) is 19.4 Å². The number of rotatable bonds is 3. The van der Waals surface area contributed by atoms with Crippen LogP contribution in [0.4, 0.5) is 0 Å². The monoisotopic (exact) mass is 249 g/mol. The van der Waals surface area contributed by atoms with Gasteiger partial charge in [-0.25, -0.2) is 4.79 Å². The third-order valence-electron chi connectivity index (χ3n) is 3.53. The number of esters is 1. The molecule has 2 rings (SSSR count). The summed E-state index contributed by atoms with van der Waals surface area (Å²) in [4.78, 5) is 12.4. The Kier molecular flexibility index (Phi) is 3.57. The molecule has 1 aromatic rings. The van der Waals surface area contributed by atoms with Crippen LogP contribution >= 0.6 is 0 Å². The lowest BCUT2D eigenvalue weighted by atomic mass is 9.77. The summed E-state index contributed by atoms with van der Waals surface area (Å²) >= 11 is 0. The zero-order chi connectivity index (χ0) is 13.2. The van der Waals surface area contributed by atoms with Crippen LogP contribution in [0.1, 0.15) is 19.4 Å². The van der Waals surface area contributed by atoms with E-state index in [0.717, 1.165) is 11.3 Å². The minimum atomic E-state index is -0.815. The van der Waals surface area contributed by atoms with Crippen LogP contribution in [0.2, 0.25) is 0 Å². The molecule has 1 aromatic carbocycles. The number of ether oxygens (including phenoxy) is 2. The molecule has 1 aliphatic heterocycles. The van der Waals surface area contributed by atoms with E-state index in [1.165, 1.54) is 0 Å². The molecule has 4 heteroatoms. The van der Waals surface area contributed by atoms with Gasteiger partial charge in [0, 0.05) is 11.5 Å². The highest BCUT2D eigenvalue weighted by Crippen LogP contribution is 2.40. The van der Waals surface area contributed by atoms with Gasteiger partial charge >= 0.3 is 5.97 Å². The van der Waals surface area contributed by atoms with E-state index in [4.69, 9.17) is 9.47 Å². The van der Waals surface area contributed by atoms with E-state index in [1.54, 1.807) is 7.05 Å². The number of hydrogen-bond acceptors (Lipinski definition) is 4. The molecular weight excluding hydrogens is 230 g/mol. The molecule has 0 amide bonds. The van der Waals surface area contributed by atoms with E-state index in [9.17, 15) is 4.79 Å². The lowest BCUT2D eigenvalue weighted by molar-refractivity contribution is -0.155. The van der Waals surface area contributed by atoms with Crippen LogP contribution in [-0.2, 0) is 15.1 Å². The first-order valence-electron chi connectivity index (χ1n) is 6.25. The minimum Gasteiger partial charge on any atom is -0.493 e. The fourth-order valence-corrected chi connectivity index (χ4v) is 2.56. The van der Waals surface area contributed by atoms with Gasteiger partial charge < -0.3 is 14.8 Å². The van der Waals surface area contributed by atoms with E-state index >= 15 is 0 Å². The fourth-order valence-electron chi connectivity index (χ4n) is 2.56. The van der Waals surface area contributed by atoms with Crippen molar-refractivity contribution in [2.75, 3.05) is 20.3 Å². The normalized spacial score (nSPS) is 26.1. The second-order valence-corrected chi connectivity index (χ2v) is 4.49. The molecule has 0 saturated carbocycles. The van der Waals surface area contributed by atoms with Crippen LogP contribution in [0, 0.1) is 5.92 Å². The van der Waals surface area contributed by atoms with Crippen molar-refractivity contribution in [3.05, 3.63) is 29.8 Å². The fraction of sp³-hybridized carbons (Fsp3) is 0.500. The van der Waals surface area contributed by atoms with Crippen LogP contribution in [-0.4, -0.2) is 26.2 Å². The summed E-state index contributed by atoms with van der Waals surface area (Å²) in [5, 5.41) is 3.15. The van der Waals surface area contributed by atoms with Gasteiger partial charge in [-0.05, 0) is 20.0 Å².